The Balaban J connectivity index is 1.63. The Morgan fingerprint density at radius 3 is 2.65 bits per heavy atom. The van der Waals surface area contributed by atoms with E-state index in [2.05, 4.69) is 15.6 Å². The average molecular weight is 315 g/mol. The first-order valence-electron chi connectivity index (χ1n) is 9.45. The van der Waals surface area contributed by atoms with E-state index in [1.807, 2.05) is 0 Å². The van der Waals surface area contributed by atoms with E-state index in [-0.39, 0.29) is 0 Å². The van der Waals surface area contributed by atoms with E-state index >= 15 is 0 Å². The molecule has 2 fully saturated rings. The molecule has 5 nitrogen and oxygen atoms in total. The monoisotopic (exact) mass is 315 g/mol. The van der Waals surface area contributed by atoms with Gasteiger partial charge in [0, 0.05) is 24.1 Å². The highest BCUT2D eigenvalue weighted by molar-refractivity contribution is 5.52. The van der Waals surface area contributed by atoms with E-state index in [1.54, 1.807) is 0 Å². The lowest BCUT2D eigenvalue weighted by molar-refractivity contribution is 0.279. The molecule has 23 heavy (non-hydrogen) atoms. The van der Waals surface area contributed by atoms with Crippen molar-refractivity contribution in [2.24, 2.45) is 5.92 Å². The quantitative estimate of drug-likeness (QED) is 0.799. The number of nitrogens with one attached hydrogen (secondary N) is 2. The highest BCUT2D eigenvalue weighted by atomic mass is 15.1. The lowest BCUT2D eigenvalue weighted by atomic mass is 9.72. The van der Waals surface area contributed by atoms with Crippen LogP contribution in [-0.4, -0.2) is 29.1 Å². The van der Waals surface area contributed by atoms with Crippen LogP contribution in [0.25, 0.3) is 0 Å². The van der Waals surface area contributed by atoms with Crippen LogP contribution < -0.4 is 16.4 Å². The zero-order valence-electron chi connectivity index (χ0n) is 14.0. The van der Waals surface area contributed by atoms with Crippen molar-refractivity contribution in [2.75, 3.05) is 24.1 Å². The lowest BCUT2D eigenvalue weighted by Crippen LogP contribution is -2.27. The molecule has 0 aromatic carbocycles. The molecule has 1 saturated carbocycles. The second kappa shape index (κ2) is 6.63. The molecule has 4 rings (SSSR count). The Morgan fingerprint density at radius 2 is 1.87 bits per heavy atom. The molecule has 1 aromatic heterocycles. The first-order valence-corrected chi connectivity index (χ1v) is 9.45. The molecule has 1 aromatic rings. The number of fused-ring (bicyclic) bond motifs is 1. The average Bonchev–Trinajstić information content (AvgIpc) is 3.08. The molecule has 126 valence electrons. The predicted octanol–water partition coefficient (Wildman–Crippen LogP) is 2.83. The summed E-state index contributed by atoms with van der Waals surface area (Å²) in [5.41, 5.74) is 8.69. The van der Waals surface area contributed by atoms with E-state index in [4.69, 9.17) is 10.7 Å². The van der Waals surface area contributed by atoms with Crippen LogP contribution in [-0.2, 0) is 6.42 Å². The van der Waals surface area contributed by atoms with Gasteiger partial charge in [-0.15, -0.1) is 0 Å². The van der Waals surface area contributed by atoms with Gasteiger partial charge in [-0.2, -0.15) is 4.98 Å². The number of rotatable bonds is 3. The van der Waals surface area contributed by atoms with E-state index in [1.165, 1.54) is 56.2 Å². The van der Waals surface area contributed by atoms with E-state index < -0.39 is 0 Å². The third-order valence-electron chi connectivity index (χ3n) is 5.97. The molecule has 3 aliphatic rings. The molecule has 0 spiro atoms. The number of anilines is 2. The van der Waals surface area contributed by atoms with Gasteiger partial charge in [-0.3, -0.25) is 0 Å². The Morgan fingerprint density at radius 1 is 1.00 bits per heavy atom. The minimum atomic E-state index is 0.444. The summed E-state index contributed by atoms with van der Waals surface area (Å²) in [5, 5.41) is 7.05. The number of aromatic nitrogens is 2. The molecule has 2 heterocycles. The standard InChI is InChI=1S/C18H29N5/c19-18-22-16-14(12-5-2-1-3-6-12)7-4-8-15(16)17(23-18)21-13-9-10-20-11-13/h12-14,20H,1-11H2,(H3,19,21,22,23)/t13-,14?/m1/s1. The van der Waals surface area contributed by atoms with Gasteiger partial charge in [0.05, 0.1) is 5.69 Å². The smallest absolute Gasteiger partial charge is 0.222 e. The second-order valence-electron chi connectivity index (χ2n) is 7.53. The van der Waals surface area contributed by atoms with E-state index in [9.17, 15) is 0 Å². The summed E-state index contributed by atoms with van der Waals surface area (Å²) < 4.78 is 0. The summed E-state index contributed by atoms with van der Waals surface area (Å²) in [6.07, 6.45) is 11.7. The number of nitrogens with two attached hydrogens (primary N) is 1. The molecular formula is C18H29N5. The maximum atomic E-state index is 6.07. The van der Waals surface area contributed by atoms with Gasteiger partial charge < -0.3 is 16.4 Å². The first-order chi connectivity index (χ1) is 11.3. The molecule has 2 aliphatic carbocycles. The Kier molecular flexibility index (Phi) is 4.38. The minimum absolute atomic E-state index is 0.444. The molecular weight excluding hydrogens is 286 g/mol. The predicted molar refractivity (Wildman–Crippen MR) is 93.6 cm³/mol. The maximum absolute atomic E-state index is 6.07. The third kappa shape index (κ3) is 3.16. The van der Waals surface area contributed by atoms with Gasteiger partial charge in [0.25, 0.3) is 0 Å². The highest BCUT2D eigenvalue weighted by Gasteiger charge is 2.32. The molecule has 1 unspecified atom stereocenters. The van der Waals surface area contributed by atoms with Crippen molar-refractivity contribution < 1.29 is 0 Å². The topological polar surface area (TPSA) is 75.9 Å². The number of hydrogen-bond acceptors (Lipinski definition) is 5. The van der Waals surface area contributed by atoms with Gasteiger partial charge in [-0.25, -0.2) is 4.98 Å². The number of hydrogen-bond donors (Lipinski definition) is 3. The molecule has 4 N–H and O–H groups in total. The minimum Gasteiger partial charge on any atom is -0.368 e. The first kappa shape index (κ1) is 15.2. The maximum Gasteiger partial charge on any atom is 0.222 e. The second-order valence-corrected chi connectivity index (χ2v) is 7.53. The molecule has 5 heteroatoms. The fourth-order valence-corrected chi connectivity index (χ4v) is 4.79. The summed E-state index contributed by atoms with van der Waals surface area (Å²) in [5.74, 6) is 2.87. The summed E-state index contributed by atoms with van der Waals surface area (Å²) in [7, 11) is 0. The zero-order valence-corrected chi connectivity index (χ0v) is 14.0. The van der Waals surface area contributed by atoms with Crippen LogP contribution in [0.1, 0.15) is 68.5 Å². The summed E-state index contributed by atoms with van der Waals surface area (Å²) >= 11 is 0. The van der Waals surface area contributed by atoms with Crippen molar-refractivity contribution in [1.82, 2.24) is 15.3 Å². The van der Waals surface area contributed by atoms with Gasteiger partial charge in [-0.1, -0.05) is 19.3 Å². The summed E-state index contributed by atoms with van der Waals surface area (Å²) in [6.45, 7) is 2.11. The van der Waals surface area contributed by atoms with Crippen LogP contribution in [0.4, 0.5) is 11.8 Å². The summed E-state index contributed by atoms with van der Waals surface area (Å²) in [4.78, 5) is 9.27. The Bertz CT molecular complexity index is 547. The van der Waals surface area contributed by atoms with Crippen molar-refractivity contribution in [2.45, 2.75) is 69.7 Å². The molecule has 0 bridgehead atoms. The van der Waals surface area contributed by atoms with Gasteiger partial charge in [0.1, 0.15) is 5.82 Å². The molecule has 1 saturated heterocycles. The number of nitrogen functional groups attached to an aromatic ring is 1. The van der Waals surface area contributed by atoms with E-state index in [0.29, 0.717) is 17.9 Å². The molecule has 0 radical (unpaired) electrons. The normalized spacial score (nSPS) is 28.5. The molecule has 1 aliphatic heterocycles. The van der Waals surface area contributed by atoms with Crippen molar-refractivity contribution in [3.63, 3.8) is 0 Å². The highest BCUT2D eigenvalue weighted by Crippen LogP contribution is 2.43. The molecule has 2 atom stereocenters. The Labute approximate surface area is 138 Å². The fourth-order valence-electron chi connectivity index (χ4n) is 4.79. The SMILES string of the molecule is Nc1nc(N[C@@H]2CCNC2)c2c(n1)C(C1CCCCC1)CCC2. The van der Waals surface area contributed by atoms with Crippen molar-refractivity contribution in [3.8, 4) is 0 Å². The lowest BCUT2D eigenvalue weighted by Gasteiger charge is -2.34. The van der Waals surface area contributed by atoms with E-state index in [0.717, 1.165) is 37.7 Å². The van der Waals surface area contributed by atoms with Crippen molar-refractivity contribution >= 4 is 11.8 Å². The largest absolute Gasteiger partial charge is 0.368 e. The van der Waals surface area contributed by atoms with Crippen molar-refractivity contribution in [1.29, 1.82) is 0 Å². The van der Waals surface area contributed by atoms with Crippen LogP contribution in [0, 0.1) is 5.92 Å². The van der Waals surface area contributed by atoms with Gasteiger partial charge in [0.2, 0.25) is 5.95 Å². The van der Waals surface area contributed by atoms with Gasteiger partial charge in [-0.05, 0) is 51.0 Å². The zero-order chi connectivity index (χ0) is 15.6. The van der Waals surface area contributed by atoms with Crippen molar-refractivity contribution in [3.05, 3.63) is 11.3 Å². The van der Waals surface area contributed by atoms with Crippen LogP contribution >= 0.6 is 0 Å². The number of nitrogens with zero attached hydrogens (tertiary/aromatic N) is 2. The van der Waals surface area contributed by atoms with Gasteiger partial charge >= 0.3 is 0 Å². The summed E-state index contributed by atoms with van der Waals surface area (Å²) in [6, 6.07) is 0.475. The third-order valence-corrected chi connectivity index (χ3v) is 5.97. The Hall–Kier alpha value is -1.36. The van der Waals surface area contributed by atoms with Crippen LogP contribution in [0.3, 0.4) is 0 Å². The van der Waals surface area contributed by atoms with Crippen LogP contribution in [0.2, 0.25) is 0 Å². The van der Waals surface area contributed by atoms with Gasteiger partial charge in [0.15, 0.2) is 0 Å². The molecule has 0 amide bonds. The fraction of sp³-hybridized carbons (Fsp3) is 0.778. The van der Waals surface area contributed by atoms with Crippen LogP contribution in [0.5, 0.6) is 0 Å². The van der Waals surface area contributed by atoms with Crippen LogP contribution in [0.15, 0.2) is 0 Å².